The molecule has 1 N–H and O–H groups in total. The molecule has 2 aliphatic carbocycles. The van der Waals surface area contributed by atoms with Crippen molar-refractivity contribution in [2.24, 2.45) is 23.2 Å². The summed E-state index contributed by atoms with van der Waals surface area (Å²) >= 11 is 0. The smallest absolute Gasteiger partial charge is 0.000253 e. The molecule has 0 amide bonds. The van der Waals surface area contributed by atoms with Gasteiger partial charge in [-0.25, -0.2) is 0 Å². The summed E-state index contributed by atoms with van der Waals surface area (Å²) < 4.78 is 0. The molecule has 3 atom stereocenters. The first kappa shape index (κ1) is 11.4. The number of rotatable bonds is 5. The van der Waals surface area contributed by atoms with Crippen molar-refractivity contribution in [1.29, 1.82) is 0 Å². The Balaban J connectivity index is 1.67. The summed E-state index contributed by atoms with van der Waals surface area (Å²) in [6.07, 6.45) is 7.39. The van der Waals surface area contributed by atoms with Gasteiger partial charge in [-0.1, -0.05) is 27.2 Å². The van der Waals surface area contributed by atoms with Crippen LogP contribution in [0.5, 0.6) is 0 Å². The van der Waals surface area contributed by atoms with Gasteiger partial charge in [-0.2, -0.15) is 0 Å². The van der Waals surface area contributed by atoms with E-state index in [9.17, 15) is 0 Å². The minimum Gasteiger partial charge on any atom is -0.316 e. The molecular formula is C14H27N. The van der Waals surface area contributed by atoms with Crippen LogP contribution in [0.3, 0.4) is 0 Å². The van der Waals surface area contributed by atoms with Crippen LogP contribution in [-0.2, 0) is 0 Å². The van der Waals surface area contributed by atoms with E-state index >= 15 is 0 Å². The Labute approximate surface area is 95.0 Å². The zero-order valence-electron chi connectivity index (χ0n) is 10.7. The van der Waals surface area contributed by atoms with E-state index in [4.69, 9.17) is 0 Å². The Morgan fingerprint density at radius 1 is 1.20 bits per heavy atom. The fraction of sp³-hybridized carbons (Fsp3) is 1.00. The van der Waals surface area contributed by atoms with Crippen LogP contribution in [0.15, 0.2) is 0 Å². The lowest BCUT2D eigenvalue weighted by Gasteiger charge is -2.27. The summed E-state index contributed by atoms with van der Waals surface area (Å²) in [7, 11) is 0. The first-order chi connectivity index (χ1) is 7.11. The number of fused-ring (bicyclic) bond motifs is 2. The molecule has 1 nitrogen and oxygen atoms in total. The predicted octanol–water partition coefficient (Wildman–Crippen LogP) is 3.45. The van der Waals surface area contributed by atoms with E-state index in [1.807, 2.05) is 0 Å². The van der Waals surface area contributed by atoms with Crippen molar-refractivity contribution in [1.82, 2.24) is 5.32 Å². The van der Waals surface area contributed by atoms with Crippen LogP contribution in [0, 0.1) is 23.2 Å². The van der Waals surface area contributed by atoms with E-state index in [2.05, 4.69) is 26.1 Å². The third kappa shape index (κ3) is 2.75. The second-order valence-corrected chi connectivity index (χ2v) is 6.58. The molecular weight excluding hydrogens is 182 g/mol. The first-order valence-corrected chi connectivity index (χ1v) is 6.81. The van der Waals surface area contributed by atoms with Crippen molar-refractivity contribution in [2.45, 2.75) is 52.9 Å². The Bertz CT molecular complexity index is 209. The molecule has 0 aliphatic heterocycles. The third-order valence-corrected chi connectivity index (χ3v) is 4.85. The van der Waals surface area contributed by atoms with E-state index in [-0.39, 0.29) is 0 Å². The van der Waals surface area contributed by atoms with Gasteiger partial charge in [0.15, 0.2) is 0 Å². The highest BCUT2D eigenvalue weighted by molar-refractivity contribution is 4.91. The van der Waals surface area contributed by atoms with Crippen LogP contribution in [0.1, 0.15) is 52.9 Å². The normalized spacial score (nSPS) is 35.0. The second kappa shape index (κ2) is 4.45. The van der Waals surface area contributed by atoms with Crippen molar-refractivity contribution >= 4 is 0 Å². The molecule has 0 heterocycles. The molecule has 2 saturated carbocycles. The van der Waals surface area contributed by atoms with Gasteiger partial charge in [0.05, 0.1) is 0 Å². The van der Waals surface area contributed by atoms with Gasteiger partial charge in [0, 0.05) is 6.54 Å². The van der Waals surface area contributed by atoms with Gasteiger partial charge in [0.2, 0.25) is 0 Å². The lowest BCUT2D eigenvalue weighted by molar-refractivity contribution is 0.279. The molecule has 1 heteroatoms. The maximum absolute atomic E-state index is 3.70. The molecule has 88 valence electrons. The molecule has 15 heavy (non-hydrogen) atoms. The Kier molecular flexibility index (Phi) is 3.39. The predicted molar refractivity (Wildman–Crippen MR) is 65.9 cm³/mol. The summed E-state index contributed by atoms with van der Waals surface area (Å²) in [6.45, 7) is 9.49. The van der Waals surface area contributed by atoms with E-state index in [0.717, 1.165) is 17.8 Å². The van der Waals surface area contributed by atoms with Crippen LogP contribution in [0.25, 0.3) is 0 Å². The Hall–Kier alpha value is -0.0400. The molecule has 2 aliphatic rings. The summed E-state index contributed by atoms with van der Waals surface area (Å²) in [5.74, 6) is 3.18. The van der Waals surface area contributed by atoms with Gasteiger partial charge < -0.3 is 5.32 Å². The van der Waals surface area contributed by atoms with Gasteiger partial charge in [0.25, 0.3) is 0 Å². The van der Waals surface area contributed by atoms with E-state index in [1.54, 1.807) is 6.42 Å². The molecule has 2 fully saturated rings. The third-order valence-electron chi connectivity index (χ3n) is 4.85. The lowest BCUT2D eigenvalue weighted by Crippen LogP contribution is -2.34. The Morgan fingerprint density at radius 2 is 2.00 bits per heavy atom. The van der Waals surface area contributed by atoms with Crippen LogP contribution >= 0.6 is 0 Å². The summed E-state index contributed by atoms with van der Waals surface area (Å²) in [5.41, 5.74) is 0.484. The minimum absolute atomic E-state index is 0.484. The van der Waals surface area contributed by atoms with E-state index in [0.29, 0.717) is 5.41 Å². The summed E-state index contributed by atoms with van der Waals surface area (Å²) in [4.78, 5) is 0. The fourth-order valence-electron chi connectivity index (χ4n) is 3.35. The second-order valence-electron chi connectivity index (χ2n) is 6.58. The standard InChI is InChI=1S/C14H27N/c1-4-14(2,3)10-15-9-13-8-11-5-6-12(13)7-11/h11-13,15H,4-10H2,1-3H3. The van der Waals surface area contributed by atoms with Crippen LogP contribution in [0.2, 0.25) is 0 Å². The highest BCUT2D eigenvalue weighted by Crippen LogP contribution is 2.47. The zero-order valence-corrected chi connectivity index (χ0v) is 10.7. The zero-order chi connectivity index (χ0) is 10.9. The van der Waals surface area contributed by atoms with Gasteiger partial charge in [-0.05, 0) is 55.4 Å². The van der Waals surface area contributed by atoms with E-state index in [1.165, 1.54) is 38.8 Å². The average molecular weight is 209 g/mol. The molecule has 0 aromatic rings. The van der Waals surface area contributed by atoms with Crippen molar-refractivity contribution < 1.29 is 0 Å². The Morgan fingerprint density at radius 3 is 2.53 bits per heavy atom. The van der Waals surface area contributed by atoms with Crippen LogP contribution in [-0.4, -0.2) is 13.1 Å². The SMILES string of the molecule is CCC(C)(C)CNCC1CC2CCC1C2. The number of nitrogens with one attached hydrogen (secondary N) is 1. The van der Waals surface area contributed by atoms with Crippen LogP contribution in [0.4, 0.5) is 0 Å². The van der Waals surface area contributed by atoms with Gasteiger partial charge in [-0.3, -0.25) is 0 Å². The van der Waals surface area contributed by atoms with Gasteiger partial charge in [-0.15, -0.1) is 0 Å². The largest absolute Gasteiger partial charge is 0.316 e. The van der Waals surface area contributed by atoms with Gasteiger partial charge >= 0.3 is 0 Å². The molecule has 2 rings (SSSR count). The molecule has 0 aromatic carbocycles. The highest BCUT2D eigenvalue weighted by Gasteiger charge is 2.38. The topological polar surface area (TPSA) is 12.0 Å². The molecule has 0 saturated heterocycles. The van der Waals surface area contributed by atoms with Crippen molar-refractivity contribution in [2.75, 3.05) is 13.1 Å². The van der Waals surface area contributed by atoms with Crippen LogP contribution < -0.4 is 5.32 Å². The quantitative estimate of drug-likeness (QED) is 0.731. The monoisotopic (exact) mass is 209 g/mol. The van der Waals surface area contributed by atoms with Crippen molar-refractivity contribution in [3.63, 3.8) is 0 Å². The fourth-order valence-corrected chi connectivity index (χ4v) is 3.35. The van der Waals surface area contributed by atoms with E-state index < -0.39 is 0 Å². The van der Waals surface area contributed by atoms with Crippen molar-refractivity contribution in [3.05, 3.63) is 0 Å². The highest BCUT2D eigenvalue weighted by atomic mass is 14.9. The average Bonchev–Trinajstić information content (AvgIpc) is 2.79. The summed E-state index contributed by atoms with van der Waals surface area (Å²) in [5, 5.41) is 3.70. The van der Waals surface area contributed by atoms with Crippen molar-refractivity contribution in [3.8, 4) is 0 Å². The number of hydrogen-bond donors (Lipinski definition) is 1. The maximum Gasteiger partial charge on any atom is 0.000253 e. The molecule has 3 unspecified atom stereocenters. The first-order valence-electron chi connectivity index (χ1n) is 6.81. The number of hydrogen-bond acceptors (Lipinski definition) is 1. The molecule has 0 aromatic heterocycles. The molecule has 2 bridgehead atoms. The maximum atomic E-state index is 3.70. The molecule has 0 spiro atoms. The lowest BCUT2D eigenvalue weighted by atomic mass is 9.87. The summed E-state index contributed by atoms with van der Waals surface area (Å²) in [6, 6.07) is 0. The van der Waals surface area contributed by atoms with Gasteiger partial charge in [0.1, 0.15) is 0 Å². The molecule has 0 radical (unpaired) electrons. The minimum atomic E-state index is 0.484.